The summed E-state index contributed by atoms with van der Waals surface area (Å²) in [6, 6.07) is 9.31. The van der Waals surface area contributed by atoms with Gasteiger partial charge in [0.2, 0.25) is 0 Å². The molecule has 2 rings (SSSR count). The maximum atomic E-state index is 11.4. The lowest BCUT2D eigenvalue weighted by atomic mass is 10.2. The zero-order valence-electron chi connectivity index (χ0n) is 9.46. The number of hydrogen-bond donors (Lipinski definition) is 3. The van der Waals surface area contributed by atoms with E-state index in [2.05, 4.69) is 20.5 Å². The van der Waals surface area contributed by atoms with Crippen LogP contribution in [-0.2, 0) is 18.0 Å². The fourth-order valence-corrected chi connectivity index (χ4v) is 1.27. The second kappa shape index (κ2) is 5.78. The van der Waals surface area contributed by atoms with E-state index in [4.69, 9.17) is 9.84 Å². The maximum Gasteiger partial charge on any atom is 0.414 e. The van der Waals surface area contributed by atoms with Crippen LogP contribution in [0.5, 0.6) is 0 Å². The number of H-pyrrole nitrogens is 1. The summed E-state index contributed by atoms with van der Waals surface area (Å²) in [7, 11) is 0. The Morgan fingerprint density at radius 3 is 2.83 bits per heavy atom. The predicted molar refractivity (Wildman–Crippen MR) is 62.6 cm³/mol. The van der Waals surface area contributed by atoms with Gasteiger partial charge in [-0.05, 0) is 5.56 Å². The van der Waals surface area contributed by atoms with Crippen LogP contribution in [0.4, 0.5) is 10.7 Å². The lowest BCUT2D eigenvalue weighted by Crippen LogP contribution is -2.14. The molecule has 7 nitrogen and oxygen atoms in total. The van der Waals surface area contributed by atoms with Crippen LogP contribution in [0.25, 0.3) is 0 Å². The number of aliphatic hydroxyl groups is 1. The van der Waals surface area contributed by atoms with Gasteiger partial charge >= 0.3 is 6.09 Å². The van der Waals surface area contributed by atoms with E-state index in [-0.39, 0.29) is 25.0 Å². The van der Waals surface area contributed by atoms with Gasteiger partial charge in [-0.3, -0.25) is 10.4 Å². The lowest BCUT2D eigenvalue weighted by molar-refractivity contribution is 0.155. The molecule has 1 amide bonds. The van der Waals surface area contributed by atoms with E-state index < -0.39 is 6.09 Å². The first-order valence-electron chi connectivity index (χ1n) is 5.28. The summed E-state index contributed by atoms with van der Waals surface area (Å²) in [5.41, 5.74) is 0.888. The molecule has 0 aliphatic rings. The monoisotopic (exact) mass is 248 g/mol. The molecule has 94 valence electrons. The first-order valence-corrected chi connectivity index (χ1v) is 5.28. The summed E-state index contributed by atoms with van der Waals surface area (Å²) in [6.45, 7) is -0.0995. The number of nitrogens with one attached hydrogen (secondary N) is 2. The number of carbonyl (C=O) groups is 1. The van der Waals surface area contributed by atoms with Crippen molar-refractivity contribution in [3.63, 3.8) is 0 Å². The highest BCUT2D eigenvalue weighted by molar-refractivity contribution is 5.82. The summed E-state index contributed by atoms with van der Waals surface area (Å²) >= 11 is 0. The Morgan fingerprint density at radius 2 is 2.17 bits per heavy atom. The number of aromatic nitrogens is 3. The third-order valence-electron chi connectivity index (χ3n) is 2.11. The van der Waals surface area contributed by atoms with Gasteiger partial charge in [0.05, 0.1) is 0 Å². The van der Waals surface area contributed by atoms with E-state index in [1.807, 2.05) is 30.3 Å². The maximum absolute atomic E-state index is 11.4. The zero-order chi connectivity index (χ0) is 12.8. The van der Waals surface area contributed by atoms with Gasteiger partial charge in [0, 0.05) is 0 Å². The van der Waals surface area contributed by atoms with Gasteiger partial charge in [-0.1, -0.05) is 30.3 Å². The van der Waals surface area contributed by atoms with Crippen molar-refractivity contribution in [1.29, 1.82) is 0 Å². The predicted octanol–water partition coefficient (Wildman–Crippen LogP) is 1.05. The van der Waals surface area contributed by atoms with Crippen LogP contribution >= 0.6 is 0 Å². The van der Waals surface area contributed by atoms with Crippen molar-refractivity contribution in [2.24, 2.45) is 0 Å². The van der Waals surface area contributed by atoms with Crippen LogP contribution in [0.1, 0.15) is 11.4 Å². The van der Waals surface area contributed by atoms with Gasteiger partial charge in [0.1, 0.15) is 13.2 Å². The van der Waals surface area contributed by atoms with Gasteiger partial charge < -0.3 is 9.84 Å². The van der Waals surface area contributed by atoms with Gasteiger partial charge in [-0.2, -0.15) is 4.98 Å². The highest BCUT2D eigenvalue weighted by Gasteiger charge is 2.07. The summed E-state index contributed by atoms with van der Waals surface area (Å²) in [5, 5.41) is 17.2. The minimum Gasteiger partial charge on any atom is -0.444 e. The first kappa shape index (κ1) is 12.1. The number of anilines is 1. The average Bonchev–Trinajstić information content (AvgIpc) is 2.85. The molecule has 1 aromatic carbocycles. The molecule has 0 saturated carbocycles. The number of hydrogen-bond acceptors (Lipinski definition) is 5. The number of benzene rings is 1. The normalized spacial score (nSPS) is 10.1. The van der Waals surface area contributed by atoms with E-state index in [0.29, 0.717) is 0 Å². The van der Waals surface area contributed by atoms with Crippen molar-refractivity contribution in [2.75, 3.05) is 5.32 Å². The van der Waals surface area contributed by atoms with Crippen molar-refractivity contribution in [3.8, 4) is 0 Å². The van der Waals surface area contributed by atoms with Crippen molar-refractivity contribution in [3.05, 3.63) is 41.7 Å². The fourth-order valence-electron chi connectivity index (χ4n) is 1.27. The molecule has 0 atom stereocenters. The molecule has 1 aromatic heterocycles. The molecule has 0 radical (unpaired) electrons. The second-order valence-electron chi connectivity index (χ2n) is 3.45. The molecule has 3 N–H and O–H groups in total. The van der Waals surface area contributed by atoms with Crippen LogP contribution in [0.15, 0.2) is 30.3 Å². The van der Waals surface area contributed by atoms with Gasteiger partial charge in [0.25, 0.3) is 5.95 Å². The fraction of sp³-hybridized carbons (Fsp3) is 0.182. The Bertz CT molecular complexity index is 512. The summed E-state index contributed by atoms with van der Waals surface area (Å²) < 4.78 is 4.97. The molecule has 18 heavy (non-hydrogen) atoms. The Kier molecular flexibility index (Phi) is 3.87. The number of aromatic amines is 1. The Labute approximate surface area is 103 Å². The third kappa shape index (κ3) is 3.29. The number of ether oxygens (including phenoxy) is 1. The van der Waals surface area contributed by atoms with Gasteiger partial charge in [-0.15, -0.1) is 5.10 Å². The summed E-state index contributed by atoms with van der Waals surface area (Å²) in [6.07, 6.45) is -0.651. The highest BCUT2D eigenvalue weighted by atomic mass is 16.5. The molecule has 2 aromatic rings. The number of nitrogens with zero attached hydrogens (tertiary/aromatic N) is 2. The van der Waals surface area contributed by atoms with Gasteiger partial charge in [0.15, 0.2) is 5.82 Å². The molecule has 0 saturated heterocycles. The van der Waals surface area contributed by atoms with Crippen LogP contribution < -0.4 is 5.32 Å². The number of amides is 1. The average molecular weight is 248 g/mol. The summed E-state index contributed by atoms with van der Waals surface area (Å²) in [4.78, 5) is 15.2. The van der Waals surface area contributed by atoms with Crippen molar-refractivity contribution in [1.82, 2.24) is 15.2 Å². The van der Waals surface area contributed by atoms with E-state index in [0.717, 1.165) is 5.56 Å². The second-order valence-corrected chi connectivity index (χ2v) is 3.45. The molecule has 0 aliphatic heterocycles. The number of rotatable bonds is 4. The minimum absolute atomic E-state index is 0.0668. The van der Waals surface area contributed by atoms with Crippen LogP contribution in [0.3, 0.4) is 0 Å². The van der Waals surface area contributed by atoms with Crippen molar-refractivity contribution < 1.29 is 14.6 Å². The van der Waals surface area contributed by atoms with E-state index >= 15 is 0 Å². The van der Waals surface area contributed by atoms with E-state index in [1.165, 1.54) is 0 Å². The van der Waals surface area contributed by atoms with Crippen molar-refractivity contribution in [2.45, 2.75) is 13.2 Å². The topological polar surface area (TPSA) is 100 Å². The molecule has 0 unspecified atom stereocenters. The zero-order valence-corrected chi connectivity index (χ0v) is 9.46. The largest absolute Gasteiger partial charge is 0.444 e. The molecule has 7 heteroatoms. The lowest BCUT2D eigenvalue weighted by Gasteiger charge is -2.03. The third-order valence-corrected chi connectivity index (χ3v) is 2.11. The smallest absolute Gasteiger partial charge is 0.414 e. The minimum atomic E-state index is -0.651. The quantitative estimate of drug-likeness (QED) is 0.750. The number of aliphatic hydroxyl groups excluding tert-OH is 1. The Hall–Kier alpha value is -2.41. The molecule has 0 fully saturated rings. The number of carbonyl (C=O) groups excluding carboxylic acids is 1. The Balaban J connectivity index is 1.82. The summed E-state index contributed by atoms with van der Waals surface area (Å²) in [5.74, 6) is 0.338. The van der Waals surface area contributed by atoms with Crippen LogP contribution in [-0.4, -0.2) is 26.4 Å². The first-order chi connectivity index (χ1) is 8.78. The van der Waals surface area contributed by atoms with Gasteiger partial charge in [-0.25, -0.2) is 4.79 Å². The van der Waals surface area contributed by atoms with E-state index in [1.54, 1.807) is 0 Å². The van der Waals surface area contributed by atoms with Crippen LogP contribution in [0, 0.1) is 0 Å². The van der Waals surface area contributed by atoms with Crippen LogP contribution in [0.2, 0.25) is 0 Å². The molecular formula is C11H12N4O3. The molecule has 1 heterocycles. The molecule has 0 spiro atoms. The van der Waals surface area contributed by atoms with Crippen molar-refractivity contribution >= 4 is 12.0 Å². The Morgan fingerprint density at radius 1 is 1.39 bits per heavy atom. The van der Waals surface area contributed by atoms with E-state index in [9.17, 15) is 4.79 Å². The molecule has 0 bridgehead atoms. The molecular weight excluding hydrogens is 236 g/mol. The SMILES string of the molecule is O=C(Nc1n[nH]c(CO)n1)OCc1ccccc1. The molecule has 0 aliphatic carbocycles. The highest BCUT2D eigenvalue weighted by Crippen LogP contribution is 2.03. The standard InChI is InChI=1S/C11H12N4O3/c16-6-9-12-10(15-14-9)13-11(17)18-7-8-4-2-1-3-5-8/h1-5,16H,6-7H2,(H2,12,13,14,15,17).